The summed E-state index contributed by atoms with van der Waals surface area (Å²) in [7, 11) is -3.11. The molecule has 2 unspecified atom stereocenters. The lowest BCUT2D eigenvalue weighted by atomic mass is 9.85. The number of carbonyl (C=O) groups excluding carboxylic acids is 2. The normalized spacial score (nSPS) is 25.1. The molecule has 0 radical (unpaired) electrons. The molecule has 0 aromatic heterocycles. The number of hydrogen-bond acceptors (Lipinski definition) is 10. The second-order valence-electron chi connectivity index (χ2n) is 14.2. The summed E-state index contributed by atoms with van der Waals surface area (Å²) in [5.41, 5.74) is 0.111. The lowest BCUT2D eigenvalue weighted by molar-refractivity contribution is -0.147. The van der Waals surface area contributed by atoms with Crippen LogP contribution in [0.15, 0.2) is 0 Å². The van der Waals surface area contributed by atoms with Crippen molar-refractivity contribution in [3.8, 4) is 0 Å². The van der Waals surface area contributed by atoms with Crippen LogP contribution in [-0.2, 0) is 33.8 Å². The Morgan fingerprint density at radius 1 is 0.951 bits per heavy atom. The van der Waals surface area contributed by atoms with Gasteiger partial charge < -0.3 is 29.7 Å². The van der Waals surface area contributed by atoms with Crippen LogP contribution in [0, 0.1) is 16.2 Å². The molecule has 0 saturated carbocycles. The van der Waals surface area contributed by atoms with Crippen molar-refractivity contribution >= 4 is 21.6 Å². The van der Waals surface area contributed by atoms with Gasteiger partial charge in [0.05, 0.1) is 38.8 Å². The van der Waals surface area contributed by atoms with Gasteiger partial charge in [0.2, 0.25) is 10.0 Å². The van der Waals surface area contributed by atoms with Crippen molar-refractivity contribution in [1.82, 2.24) is 10.0 Å². The molecule has 12 heteroatoms. The third-order valence-corrected chi connectivity index (χ3v) is 6.51. The van der Waals surface area contributed by atoms with E-state index in [0.29, 0.717) is 45.8 Å². The van der Waals surface area contributed by atoms with E-state index in [4.69, 9.17) is 24.4 Å². The van der Waals surface area contributed by atoms with Gasteiger partial charge in [-0.05, 0) is 30.1 Å². The van der Waals surface area contributed by atoms with E-state index in [1.807, 2.05) is 62.3 Å². The first-order valence-corrected chi connectivity index (χ1v) is 15.7. The first kappa shape index (κ1) is 42.1. The minimum atomic E-state index is -3.11. The molecule has 41 heavy (non-hydrogen) atoms. The number of nitrogens with one attached hydrogen (secondary N) is 2. The van der Waals surface area contributed by atoms with Gasteiger partial charge in [-0.2, -0.15) is 0 Å². The molecule has 11 nitrogen and oxygen atoms in total. The summed E-state index contributed by atoms with van der Waals surface area (Å²) < 4.78 is 39.8. The van der Waals surface area contributed by atoms with Gasteiger partial charge in [-0.3, -0.25) is 9.59 Å². The van der Waals surface area contributed by atoms with Gasteiger partial charge in [0.25, 0.3) is 0 Å². The number of rotatable bonds is 4. The van der Waals surface area contributed by atoms with Crippen molar-refractivity contribution in [3.05, 3.63) is 0 Å². The van der Waals surface area contributed by atoms with Crippen molar-refractivity contribution < 1.29 is 42.4 Å². The molecule has 3 saturated heterocycles. The van der Waals surface area contributed by atoms with E-state index in [9.17, 15) is 18.0 Å². The molecule has 3 rings (SSSR count). The number of ether oxygens (including phenoxy) is 3. The lowest BCUT2D eigenvalue weighted by Crippen LogP contribution is -2.55. The van der Waals surface area contributed by atoms with Crippen LogP contribution in [-0.4, -0.2) is 107 Å². The Kier molecular flexibility index (Phi) is 18.5. The fraction of sp³-hybridized carbons (Fsp3) is 0.931. The molecule has 0 aromatic carbocycles. The molecule has 0 bridgehead atoms. The average Bonchev–Trinajstić information content (AvgIpc) is 2.77. The van der Waals surface area contributed by atoms with E-state index in [0.717, 1.165) is 12.9 Å². The Balaban J connectivity index is 0. The quantitative estimate of drug-likeness (QED) is 0.371. The van der Waals surface area contributed by atoms with Crippen molar-refractivity contribution in [2.75, 3.05) is 59.0 Å². The maximum Gasteiger partial charge on any atom is 0.208 e. The zero-order chi connectivity index (χ0) is 31.4. The number of carbonyl (C=O) groups is 2. The van der Waals surface area contributed by atoms with Gasteiger partial charge in [0.15, 0.2) is 11.6 Å². The number of aliphatic hydroxyl groups excluding tert-OH is 2. The maximum absolute atomic E-state index is 11.2. The molecule has 3 heterocycles. The Morgan fingerprint density at radius 3 is 1.83 bits per heavy atom. The fourth-order valence-electron chi connectivity index (χ4n) is 3.49. The summed E-state index contributed by atoms with van der Waals surface area (Å²) in [4.78, 5) is 21.9. The molecular formula is C29H60N2O9S. The molecule has 0 amide bonds. The van der Waals surface area contributed by atoms with Crippen LogP contribution in [0.3, 0.4) is 0 Å². The highest BCUT2D eigenvalue weighted by molar-refractivity contribution is 7.88. The van der Waals surface area contributed by atoms with Crippen LogP contribution in [0.25, 0.3) is 0 Å². The average molecular weight is 613 g/mol. The summed E-state index contributed by atoms with van der Waals surface area (Å²) in [6.07, 6.45) is 1.69. The Hall–Kier alpha value is -0.990. The van der Waals surface area contributed by atoms with Crippen LogP contribution in [0.1, 0.15) is 82.6 Å². The van der Waals surface area contributed by atoms with E-state index in [1.54, 1.807) is 0 Å². The van der Waals surface area contributed by atoms with Crippen LogP contribution in [0.5, 0.6) is 0 Å². The first-order chi connectivity index (χ1) is 18.0. The summed E-state index contributed by atoms with van der Waals surface area (Å²) in [5.74, 6) is 0.245. The van der Waals surface area contributed by atoms with E-state index in [-0.39, 0.29) is 60.1 Å². The second-order valence-corrected chi connectivity index (χ2v) is 16.0. The molecule has 3 fully saturated rings. The van der Waals surface area contributed by atoms with E-state index < -0.39 is 16.1 Å². The minimum absolute atomic E-state index is 0. The van der Waals surface area contributed by atoms with Crippen molar-refractivity contribution in [3.63, 3.8) is 0 Å². The van der Waals surface area contributed by atoms with Crippen molar-refractivity contribution in [2.24, 2.45) is 16.2 Å². The van der Waals surface area contributed by atoms with Gasteiger partial charge in [-0.25, -0.2) is 13.1 Å². The lowest BCUT2D eigenvalue weighted by Gasteiger charge is -2.35. The predicted molar refractivity (Wildman–Crippen MR) is 162 cm³/mol. The number of Topliss-reactive ketones (excluding diaryl/α,β-unsaturated/α-hetero) is 2. The van der Waals surface area contributed by atoms with E-state index in [2.05, 4.69) is 10.0 Å². The number of aliphatic hydroxyl groups is 2. The van der Waals surface area contributed by atoms with Gasteiger partial charge in [-0.15, -0.1) is 0 Å². The van der Waals surface area contributed by atoms with E-state index >= 15 is 0 Å². The largest absolute Gasteiger partial charge is 0.396 e. The summed E-state index contributed by atoms with van der Waals surface area (Å²) in [5, 5.41) is 20.4. The standard InChI is InChI=1S/C8H18N2O3S.C8H14O3.C7H12O2.C5H12O.CH4/c1-8(2)6-13-7(4-9-8)5-10-14(3,11)12;1-8(2)3-6(10)7(4-9)11-5-8;1-7(2)3-6(8)4-9-5-7;1-5(2,3)4-6;/h7,9-10H,4-6H2,1-3H3;7,9H,3-5H2,1-2H3;3-5H2,1-2H3;6H,4H2,1-3H3;1H4. The van der Waals surface area contributed by atoms with Gasteiger partial charge in [0, 0.05) is 38.1 Å². The highest BCUT2D eigenvalue weighted by Gasteiger charge is 2.33. The number of ketones is 2. The van der Waals surface area contributed by atoms with Crippen molar-refractivity contribution in [2.45, 2.75) is 100 Å². The highest BCUT2D eigenvalue weighted by atomic mass is 32.2. The summed E-state index contributed by atoms with van der Waals surface area (Å²) in [6.45, 7) is 21.4. The van der Waals surface area contributed by atoms with Crippen LogP contribution in [0.2, 0.25) is 0 Å². The topological polar surface area (TPSA) is 160 Å². The number of hydrogen-bond donors (Lipinski definition) is 4. The molecule has 3 aliphatic rings. The third kappa shape index (κ3) is 22.2. The zero-order valence-corrected chi connectivity index (χ0v) is 27.2. The van der Waals surface area contributed by atoms with E-state index in [1.165, 1.54) is 0 Å². The molecular weight excluding hydrogens is 552 g/mol. The molecule has 246 valence electrons. The van der Waals surface area contributed by atoms with Crippen molar-refractivity contribution in [1.29, 1.82) is 0 Å². The Morgan fingerprint density at radius 2 is 1.49 bits per heavy atom. The number of morpholine rings is 1. The van der Waals surface area contributed by atoms with Crippen LogP contribution < -0.4 is 10.0 Å². The number of sulfonamides is 1. The first-order valence-electron chi connectivity index (χ1n) is 13.8. The Labute approximate surface area is 249 Å². The van der Waals surface area contributed by atoms with Gasteiger partial charge in [-0.1, -0.05) is 55.9 Å². The second kappa shape index (κ2) is 18.0. The predicted octanol–water partition coefficient (Wildman–Crippen LogP) is 2.33. The minimum Gasteiger partial charge on any atom is -0.396 e. The maximum atomic E-state index is 11.2. The van der Waals surface area contributed by atoms with Gasteiger partial charge in [0.1, 0.15) is 12.7 Å². The molecule has 2 atom stereocenters. The molecule has 0 spiro atoms. The van der Waals surface area contributed by atoms with Crippen LogP contribution >= 0.6 is 0 Å². The zero-order valence-electron chi connectivity index (χ0n) is 26.4. The molecule has 0 aromatic rings. The highest BCUT2D eigenvalue weighted by Crippen LogP contribution is 2.27. The SMILES string of the molecule is C.CC(C)(C)CO.CC1(C)COC(CNS(C)(=O)=O)CN1.CC1(C)COC(CO)C(=O)C1.CC1(C)COCC(=O)C1. The molecule has 3 aliphatic heterocycles. The summed E-state index contributed by atoms with van der Waals surface area (Å²) >= 11 is 0. The fourth-order valence-corrected chi connectivity index (χ4v) is 3.98. The summed E-state index contributed by atoms with van der Waals surface area (Å²) in [6, 6.07) is 0. The molecule has 0 aliphatic carbocycles. The smallest absolute Gasteiger partial charge is 0.208 e. The Bertz CT molecular complexity index is 871. The monoisotopic (exact) mass is 612 g/mol. The molecule has 4 N–H and O–H groups in total. The third-order valence-electron chi connectivity index (χ3n) is 5.82. The van der Waals surface area contributed by atoms with Crippen LogP contribution in [0.4, 0.5) is 0 Å². The van der Waals surface area contributed by atoms with Gasteiger partial charge >= 0.3 is 0 Å².